The summed E-state index contributed by atoms with van der Waals surface area (Å²) in [5.74, 6) is 1.95. The second kappa shape index (κ2) is 7.02. The molecule has 0 saturated heterocycles. The molecule has 1 heterocycles. The molecule has 0 fully saturated rings. The van der Waals surface area contributed by atoms with Gasteiger partial charge in [-0.15, -0.1) is 0 Å². The smallest absolute Gasteiger partial charge is 0.240 e. The lowest BCUT2D eigenvalue weighted by Gasteiger charge is -2.17. The molecule has 6 heteroatoms. The third-order valence-electron chi connectivity index (χ3n) is 2.94. The van der Waals surface area contributed by atoms with Crippen LogP contribution in [-0.4, -0.2) is 16.7 Å². The molecule has 0 aliphatic heterocycles. The Hall–Kier alpha value is -1.92. The molecule has 1 aromatic carbocycles. The lowest BCUT2D eigenvalue weighted by Crippen LogP contribution is -2.19. The highest BCUT2D eigenvalue weighted by Gasteiger charge is 2.12. The van der Waals surface area contributed by atoms with E-state index in [0.717, 1.165) is 11.3 Å². The average Bonchev–Trinajstić information content (AvgIpc) is 2.94. The Bertz CT molecular complexity index is 541. The van der Waals surface area contributed by atoms with E-state index in [-0.39, 0.29) is 12.6 Å². The van der Waals surface area contributed by atoms with Crippen LogP contribution in [0.25, 0.3) is 0 Å². The zero-order chi connectivity index (χ0) is 14.4. The van der Waals surface area contributed by atoms with Gasteiger partial charge in [-0.25, -0.2) is 0 Å². The van der Waals surface area contributed by atoms with Gasteiger partial charge in [0.2, 0.25) is 5.89 Å². The summed E-state index contributed by atoms with van der Waals surface area (Å²) < 4.78 is 10.6. The summed E-state index contributed by atoms with van der Waals surface area (Å²) in [6.45, 7) is 5.47. The van der Waals surface area contributed by atoms with Crippen molar-refractivity contribution in [3.8, 4) is 5.75 Å². The van der Waals surface area contributed by atoms with E-state index in [1.165, 1.54) is 0 Å². The van der Waals surface area contributed by atoms with Crippen molar-refractivity contribution >= 4 is 0 Å². The topological polar surface area (TPSA) is 86.2 Å². The molecule has 0 spiro atoms. The highest BCUT2D eigenvalue weighted by Crippen LogP contribution is 2.24. The molecule has 0 aliphatic carbocycles. The molecule has 108 valence electrons. The molecule has 1 aromatic heterocycles. The number of hydrogen-bond acceptors (Lipinski definition) is 6. The third kappa shape index (κ3) is 3.55. The van der Waals surface area contributed by atoms with Crippen molar-refractivity contribution in [2.75, 3.05) is 6.61 Å². The molecule has 0 saturated carbocycles. The number of benzene rings is 1. The molecule has 0 radical (unpaired) electrons. The normalized spacial score (nSPS) is 12.3. The van der Waals surface area contributed by atoms with Crippen LogP contribution in [0.3, 0.4) is 0 Å². The standard InChI is InChI=1S/C14H20N4O2/c1-3-19-12-7-5-4-6-11(12)10(2)16-9-13-17-14(8-15)20-18-13/h4-7,10,16H,3,8-9,15H2,1-2H3. The summed E-state index contributed by atoms with van der Waals surface area (Å²) in [5.41, 5.74) is 6.54. The second-order valence-corrected chi connectivity index (χ2v) is 4.38. The first-order valence-corrected chi connectivity index (χ1v) is 6.71. The van der Waals surface area contributed by atoms with Crippen LogP contribution >= 0.6 is 0 Å². The molecule has 1 unspecified atom stereocenters. The number of ether oxygens (including phenoxy) is 1. The Kier molecular flexibility index (Phi) is 5.09. The summed E-state index contributed by atoms with van der Waals surface area (Å²) >= 11 is 0. The first-order chi connectivity index (χ1) is 9.74. The van der Waals surface area contributed by atoms with Gasteiger partial charge in [-0.05, 0) is 19.9 Å². The fourth-order valence-electron chi connectivity index (χ4n) is 1.92. The second-order valence-electron chi connectivity index (χ2n) is 4.38. The largest absolute Gasteiger partial charge is 0.494 e. The van der Waals surface area contributed by atoms with Crippen LogP contribution in [0.2, 0.25) is 0 Å². The van der Waals surface area contributed by atoms with Crippen LogP contribution in [0, 0.1) is 0 Å². The zero-order valence-electron chi connectivity index (χ0n) is 11.8. The molecule has 6 nitrogen and oxygen atoms in total. The van der Waals surface area contributed by atoms with Gasteiger partial charge in [0.1, 0.15) is 5.75 Å². The molecule has 2 rings (SSSR count). The van der Waals surface area contributed by atoms with Gasteiger partial charge in [-0.3, -0.25) is 0 Å². The number of aromatic nitrogens is 2. The first kappa shape index (κ1) is 14.5. The average molecular weight is 276 g/mol. The fourth-order valence-corrected chi connectivity index (χ4v) is 1.92. The monoisotopic (exact) mass is 276 g/mol. The van der Waals surface area contributed by atoms with E-state index < -0.39 is 0 Å². The number of nitrogens with two attached hydrogens (primary N) is 1. The van der Waals surface area contributed by atoms with Crippen LogP contribution in [-0.2, 0) is 13.1 Å². The molecular weight excluding hydrogens is 256 g/mol. The maximum atomic E-state index is 5.63. The van der Waals surface area contributed by atoms with E-state index in [4.69, 9.17) is 15.0 Å². The van der Waals surface area contributed by atoms with Crippen LogP contribution in [0.5, 0.6) is 5.75 Å². The van der Waals surface area contributed by atoms with E-state index in [1.54, 1.807) is 0 Å². The van der Waals surface area contributed by atoms with Crippen LogP contribution in [0.15, 0.2) is 28.8 Å². The molecule has 0 bridgehead atoms. The number of rotatable bonds is 7. The minimum Gasteiger partial charge on any atom is -0.494 e. The number of nitrogens with one attached hydrogen (secondary N) is 1. The fraction of sp³-hybridized carbons (Fsp3) is 0.429. The molecule has 2 aromatic rings. The summed E-state index contributed by atoms with van der Waals surface area (Å²) in [7, 11) is 0. The van der Waals surface area contributed by atoms with Gasteiger partial charge in [0, 0.05) is 11.6 Å². The highest BCUT2D eigenvalue weighted by atomic mass is 16.5. The van der Waals surface area contributed by atoms with Crippen molar-refractivity contribution in [1.82, 2.24) is 15.5 Å². The van der Waals surface area contributed by atoms with Crippen LogP contribution in [0.4, 0.5) is 0 Å². The quantitative estimate of drug-likeness (QED) is 0.801. The first-order valence-electron chi connectivity index (χ1n) is 6.71. The van der Waals surface area contributed by atoms with Crippen molar-refractivity contribution in [1.29, 1.82) is 0 Å². The molecule has 3 N–H and O–H groups in total. The Morgan fingerprint density at radius 3 is 2.90 bits per heavy atom. The molecule has 0 amide bonds. The van der Waals surface area contributed by atoms with E-state index in [9.17, 15) is 0 Å². The predicted octanol–water partition coefficient (Wildman–Crippen LogP) is 1.78. The summed E-state index contributed by atoms with van der Waals surface area (Å²) in [5, 5.41) is 7.20. The maximum Gasteiger partial charge on any atom is 0.240 e. The molecule has 1 atom stereocenters. The predicted molar refractivity (Wildman–Crippen MR) is 75.1 cm³/mol. The Labute approximate surface area is 118 Å². The van der Waals surface area contributed by atoms with Crippen LogP contribution < -0.4 is 15.8 Å². The van der Waals surface area contributed by atoms with Crippen molar-refractivity contribution in [3.63, 3.8) is 0 Å². The van der Waals surface area contributed by atoms with Crippen LogP contribution in [0.1, 0.15) is 37.2 Å². The van der Waals surface area contributed by atoms with Gasteiger partial charge in [-0.1, -0.05) is 23.4 Å². The van der Waals surface area contributed by atoms with Gasteiger partial charge >= 0.3 is 0 Å². The van der Waals surface area contributed by atoms with Crippen molar-refractivity contribution < 1.29 is 9.26 Å². The number of hydrogen-bond donors (Lipinski definition) is 2. The Morgan fingerprint density at radius 2 is 2.20 bits per heavy atom. The summed E-state index contributed by atoms with van der Waals surface area (Å²) in [4.78, 5) is 4.16. The highest BCUT2D eigenvalue weighted by molar-refractivity contribution is 5.35. The molecule has 0 aliphatic rings. The van der Waals surface area contributed by atoms with Gasteiger partial charge in [0.05, 0.1) is 19.7 Å². The van der Waals surface area contributed by atoms with E-state index in [2.05, 4.69) is 22.4 Å². The van der Waals surface area contributed by atoms with E-state index in [0.29, 0.717) is 24.9 Å². The summed E-state index contributed by atoms with van der Waals surface area (Å²) in [6.07, 6.45) is 0. The van der Waals surface area contributed by atoms with Gasteiger partial charge in [0.15, 0.2) is 5.82 Å². The SMILES string of the molecule is CCOc1ccccc1C(C)NCc1noc(CN)n1. The lowest BCUT2D eigenvalue weighted by molar-refractivity contribution is 0.332. The van der Waals surface area contributed by atoms with Gasteiger partial charge in [-0.2, -0.15) is 4.98 Å². The zero-order valence-corrected chi connectivity index (χ0v) is 11.8. The lowest BCUT2D eigenvalue weighted by atomic mass is 10.1. The maximum absolute atomic E-state index is 5.63. The van der Waals surface area contributed by atoms with Crippen molar-refractivity contribution in [2.24, 2.45) is 5.73 Å². The van der Waals surface area contributed by atoms with Crippen molar-refractivity contribution in [2.45, 2.75) is 33.0 Å². The molecule has 20 heavy (non-hydrogen) atoms. The minimum atomic E-state index is 0.123. The van der Waals surface area contributed by atoms with Crippen molar-refractivity contribution in [3.05, 3.63) is 41.5 Å². The number of para-hydroxylation sites is 1. The van der Waals surface area contributed by atoms with E-state index >= 15 is 0 Å². The van der Waals surface area contributed by atoms with E-state index in [1.807, 2.05) is 31.2 Å². The Morgan fingerprint density at radius 1 is 1.40 bits per heavy atom. The van der Waals surface area contributed by atoms with Gasteiger partial charge in [0.25, 0.3) is 0 Å². The summed E-state index contributed by atoms with van der Waals surface area (Å²) in [6, 6.07) is 8.10. The number of nitrogens with zero attached hydrogens (tertiary/aromatic N) is 2. The minimum absolute atomic E-state index is 0.123. The third-order valence-corrected chi connectivity index (χ3v) is 2.94. The molecular formula is C14H20N4O2. The van der Waals surface area contributed by atoms with Gasteiger partial charge < -0.3 is 20.3 Å². The Balaban J connectivity index is 1.99.